The van der Waals surface area contributed by atoms with Crippen molar-refractivity contribution in [1.29, 1.82) is 0 Å². The lowest BCUT2D eigenvalue weighted by molar-refractivity contribution is -0.141. The van der Waals surface area contributed by atoms with E-state index in [9.17, 15) is 14.7 Å². The van der Waals surface area contributed by atoms with Gasteiger partial charge in [0.05, 0.1) is 6.04 Å². The molecule has 3 heterocycles. The van der Waals surface area contributed by atoms with Crippen molar-refractivity contribution in [1.82, 2.24) is 25.3 Å². The van der Waals surface area contributed by atoms with E-state index < -0.39 is 30.1 Å². The van der Waals surface area contributed by atoms with E-state index in [4.69, 9.17) is 21.7 Å². The highest BCUT2D eigenvalue weighted by atomic mass is 16.5. The summed E-state index contributed by atoms with van der Waals surface area (Å²) in [5.74, 6) is -0.567. The number of aromatic nitrogens is 3. The van der Waals surface area contributed by atoms with Crippen LogP contribution in [0.2, 0.25) is 0 Å². The molecule has 2 aromatic heterocycles. The largest absolute Gasteiger partial charge is 0.480 e. The van der Waals surface area contributed by atoms with E-state index in [-0.39, 0.29) is 11.9 Å². The van der Waals surface area contributed by atoms with Gasteiger partial charge in [-0.1, -0.05) is 23.4 Å². The molecular weight excluding hydrogens is 466 g/mol. The molecule has 192 valence electrons. The number of hydrogen-bond acceptors (Lipinski definition) is 7. The van der Waals surface area contributed by atoms with Gasteiger partial charge in [0.1, 0.15) is 12.1 Å². The summed E-state index contributed by atoms with van der Waals surface area (Å²) in [6.07, 6.45) is 4.34. The molecular formula is C23H31N9O4. The van der Waals surface area contributed by atoms with Gasteiger partial charge in [0.2, 0.25) is 5.89 Å². The number of amides is 2. The zero-order valence-corrected chi connectivity index (χ0v) is 19.8. The summed E-state index contributed by atoms with van der Waals surface area (Å²) in [5.41, 5.74) is 19.2. The topological polar surface area (TPSA) is 215 Å². The average molecular weight is 498 g/mol. The molecule has 1 aliphatic rings. The molecule has 13 nitrogen and oxygen atoms in total. The predicted molar refractivity (Wildman–Crippen MR) is 132 cm³/mol. The van der Waals surface area contributed by atoms with Crippen LogP contribution in [0.5, 0.6) is 0 Å². The minimum absolute atomic E-state index is 0.0275. The molecule has 0 unspecified atom stereocenters. The summed E-state index contributed by atoms with van der Waals surface area (Å²) in [5, 5.41) is 17.4. The van der Waals surface area contributed by atoms with Gasteiger partial charge in [-0.15, -0.1) is 0 Å². The highest BCUT2D eigenvalue weighted by Crippen LogP contribution is 2.25. The molecule has 1 aliphatic heterocycles. The third-order valence-electron chi connectivity index (χ3n) is 6.24. The number of H-pyrrole nitrogens is 1. The number of carboxylic acids is 1. The number of nitrogens with zero attached hydrogens (tertiary/aromatic N) is 4. The Morgan fingerprint density at radius 1 is 1.33 bits per heavy atom. The molecule has 0 saturated carbocycles. The Bertz CT molecular complexity index is 1230. The first kappa shape index (κ1) is 25.0. The Labute approximate surface area is 207 Å². The second-order valence-corrected chi connectivity index (χ2v) is 8.80. The summed E-state index contributed by atoms with van der Waals surface area (Å²) >= 11 is 0. The van der Waals surface area contributed by atoms with Crippen molar-refractivity contribution in [2.75, 3.05) is 13.1 Å². The number of carbonyl (C=O) groups excluding carboxylic acids is 1. The number of likely N-dealkylation sites (tertiary alicyclic amines) is 1. The number of nitrogens with one attached hydrogen (secondary N) is 2. The molecule has 1 aromatic carbocycles. The molecule has 1 fully saturated rings. The minimum atomic E-state index is -1.03. The number of carboxylic acid groups (broad SMARTS) is 1. The number of guanidine groups is 1. The standard InChI is InChI=1S/C23H31N9O4/c24-15(11-13-12-28-16-6-2-1-5-14(13)16)19-30-20(36-31-19)17(7-3-9-27-22(25)26)29-23(35)32-10-4-8-18(32)21(33)34/h1-2,5-6,12,15,17-18,28H,3-4,7-11,24H2,(H,29,35)(H,33,34)(H4,25,26,27)/t15-,17-,18+/m0/s1. The van der Waals surface area contributed by atoms with Crippen LogP contribution < -0.4 is 22.5 Å². The quantitative estimate of drug-likeness (QED) is 0.134. The van der Waals surface area contributed by atoms with Crippen LogP contribution in [-0.2, 0) is 11.2 Å². The third kappa shape index (κ3) is 5.74. The summed E-state index contributed by atoms with van der Waals surface area (Å²) in [6, 6.07) is 5.35. The maximum atomic E-state index is 12.9. The van der Waals surface area contributed by atoms with Gasteiger partial charge in [0, 0.05) is 30.2 Å². The molecule has 2 amide bonds. The lowest BCUT2D eigenvalue weighted by Crippen LogP contribution is -2.47. The number of aromatic amines is 1. The van der Waals surface area contributed by atoms with Crippen molar-refractivity contribution < 1.29 is 19.2 Å². The van der Waals surface area contributed by atoms with Crippen molar-refractivity contribution >= 4 is 28.9 Å². The first-order valence-electron chi connectivity index (χ1n) is 11.8. The predicted octanol–water partition coefficient (Wildman–Crippen LogP) is 1.15. The van der Waals surface area contributed by atoms with Crippen LogP contribution >= 0.6 is 0 Å². The maximum Gasteiger partial charge on any atom is 0.326 e. The molecule has 0 bridgehead atoms. The van der Waals surface area contributed by atoms with E-state index >= 15 is 0 Å². The molecule has 0 spiro atoms. The number of rotatable bonds is 10. The van der Waals surface area contributed by atoms with Crippen LogP contribution in [0.3, 0.4) is 0 Å². The molecule has 0 radical (unpaired) electrons. The fraction of sp³-hybridized carbons (Fsp3) is 0.435. The van der Waals surface area contributed by atoms with Crippen LogP contribution in [0.15, 0.2) is 40.0 Å². The van der Waals surface area contributed by atoms with Gasteiger partial charge in [0.15, 0.2) is 11.8 Å². The number of fused-ring (bicyclic) bond motifs is 1. The second kappa shape index (κ2) is 11.1. The van der Waals surface area contributed by atoms with Gasteiger partial charge in [-0.25, -0.2) is 9.59 Å². The highest BCUT2D eigenvalue weighted by molar-refractivity contribution is 5.84. The van der Waals surface area contributed by atoms with Gasteiger partial charge in [-0.05, 0) is 43.7 Å². The molecule has 36 heavy (non-hydrogen) atoms. The summed E-state index contributed by atoms with van der Waals surface area (Å²) in [7, 11) is 0. The van der Waals surface area contributed by atoms with E-state index in [1.54, 1.807) is 0 Å². The molecule has 1 saturated heterocycles. The van der Waals surface area contributed by atoms with Gasteiger partial charge < -0.3 is 42.0 Å². The molecule has 4 rings (SSSR count). The van der Waals surface area contributed by atoms with Crippen LogP contribution in [-0.4, -0.2) is 62.2 Å². The van der Waals surface area contributed by atoms with Crippen molar-refractivity contribution in [3.8, 4) is 0 Å². The molecule has 13 heteroatoms. The van der Waals surface area contributed by atoms with Gasteiger partial charge in [-0.3, -0.25) is 4.99 Å². The maximum absolute atomic E-state index is 12.9. The number of para-hydroxylation sites is 1. The lowest BCUT2D eigenvalue weighted by atomic mass is 10.1. The van der Waals surface area contributed by atoms with E-state index in [2.05, 4.69) is 25.4 Å². The monoisotopic (exact) mass is 497 g/mol. The Kier molecular flexibility index (Phi) is 7.68. The van der Waals surface area contributed by atoms with Gasteiger partial charge >= 0.3 is 12.0 Å². The first-order valence-corrected chi connectivity index (χ1v) is 11.8. The first-order chi connectivity index (χ1) is 17.3. The van der Waals surface area contributed by atoms with Crippen LogP contribution in [0.25, 0.3) is 10.9 Å². The smallest absolute Gasteiger partial charge is 0.326 e. The molecule has 9 N–H and O–H groups in total. The highest BCUT2D eigenvalue weighted by Gasteiger charge is 2.35. The Hall–Kier alpha value is -4.13. The summed E-state index contributed by atoms with van der Waals surface area (Å²) < 4.78 is 5.49. The Morgan fingerprint density at radius 3 is 2.92 bits per heavy atom. The third-order valence-corrected chi connectivity index (χ3v) is 6.24. The van der Waals surface area contributed by atoms with Crippen LogP contribution in [0.4, 0.5) is 4.79 Å². The Morgan fingerprint density at radius 2 is 2.14 bits per heavy atom. The molecule has 3 aromatic rings. The van der Waals surface area contributed by atoms with Crippen molar-refractivity contribution in [2.24, 2.45) is 22.2 Å². The van der Waals surface area contributed by atoms with E-state index in [0.717, 1.165) is 16.5 Å². The number of benzene rings is 1. The molecule has 0 aliphatic carbocycles. The van der Waals surface area contributed by atoms with E-state index in [0.29, 0.717) is 51.0 Å². The van der Waals surface area contributed by atoms with Crippen LogP contribution in [0, 0.1) is 0 Å². The lowest BCUT2D eigenvalue weighted by Gasteiger charge is -2.24. The number of aliphatic imine (C=N–C) groups is 1. The van der Waals surface area contributed by atoms with Crippen molar-refractivity contribution in [3.63, 3.8) is 0 Å². The number of hydrogen-bond donors (Lipinski definition) is 6. The van der Waals surface area contributed by atoms with Gasteiger partial charge in [0.25, 0.3) is 0 Å². The molecule has 3 atom stereocenters. The normalized spacial score (nSPS) is 17.1. The number of nitrogens with two attached hydrogens (primary N) is 3. The Balaban J connectivity index is 1.48. The number of aliphatic carboxylic acids is 1. The zero-order valence-electron chi connectivity index (χ0n) is 19.8. The summed E-state index contributed by atoms with van der Waals surface area (Å²) in [6.45, 7) is 0.700. The van der Waals surface area contributed by atoms with Crippen molar-refractivity contribution in [3.05, 3.63) is 47.7 Å². The SMILES string of the molecule is NC(N)=NCCC[C@H](NC(=O)N1CCC[C@@H]1C(=O)O)c1nc([C@@H](N)Cc2c[nH]c3ccccc23)no1. The zero-order chi connectivity index (χ0) is 25.7. The van der Waals surface area contributed by atoms with E-state index in [1.807, 2.05) is 30.5 Å². The van der Waals surface area contributed by atoms with E-state index in [1.165, 1.54) is 4.90 Å². The van der Waals surface area contributed by atoms with Crippen molar-refractivity contribution in [2.45, 2.75) is 50.2 Å². The fourth-order valence-corrected chi connectivity index (χ4v) is 4.43. The van der Waals surface area contributed by atoms with Gasteiger partial charge in [-0.2, -0.15) is 4.98 Å². The second-order valence-electron chi connectivity index (χ2n) is 8.80. The fourth-order valence-electron chi connectivity index (χ4n) is 4.43. The van der Waals surface area contributed by atoms with Crippen LogP contribution in [0.1, 0.15) is 55.0 Å². The average Bonchev–Trinajstić information content (AvgIpc) is 3.61. The summed E-state index contributed by atoms with van der Waals surface area (Å²) in [4.78, 5) is 37.4. The minimum Gasteiger partial charge on any atom is -0.480 e. The number of carbonyl (C=O) groups is 2. The number of urea groups is 1.